The number of aromatic amines is 1. The van der Waals surface area contributed by atoms with Gasteiger partial charge in [-0.3, -0.25) is 14.4 Å². The Balaban J connectivity index is 1.53. The summed E-state index contributed by atoms with van der Waals surface area (Å²) in [4.78, 5) is 41.1. The molecule has 3 aromatic rings. The molecule has 4 rings (SSSR count). The molecule has 1 aromatic heterocycles. The average molecular weight is 478 g/mol. The predicted molar refractivity (Wildman–Crippen MR) is 136 cm³/mol. The maximum Gasteiger partial charge on any atom is 0.261 e. The summed E-state index contributed by atoms with van der Waals surface area (Å²) in [5.74, 6) is 0.750. The standard InChI is InChI=1S/C27H31N3O5/c1-16-9-10-18(25(31)28-15-17-7-5-4-6-8-17)12-21(16)29-26(32)20-11-19-13-23(34-2)24(35-3)14-22(19)30-27(20)33/h9-14,17H,4-8,15H2,1-3H3,(H,28,31)(H,29,32)(H,30,33). The molecule has 0 atom stereocenters. The van der Waals surface area contributed by atoms with Gasteiger partial charge in [0.05, 0.1) is 19.7 Å². The number of ether oxygens (including phenoxy) is 2. The fourth-order valence-corrected chi connectivity index (χ4v) is 4.52. The van der Waals surface area contributed by atoms with Gasteiger partial charge in [0.25, 0.3) is 17.4 Å². The highest BCUT2D eigenvalue weighted by Gasteiger charge is 2.18. The van der Waals surface area contributed by atoms with E-state index in [1.165, 1.54) is 39.5 Å². The molecule has 0 aliphatic heterocycles. The van der Waals surface area contributed by atoms with E-state index in [4.69, 9.17) is 9.47 Å². The van der Waals surface area contributed by atoms with Crippen molar-refractivity contribution in [2.45, 2.75) is 39.0 Å². The van der Waals surface area contributed by atoms with Crippen molar-refractivity contribution < 1.29 is 19.1 Å². The van der Waals surface area contributed by atoms with Crippen LogP contribution in [-0.4, -0.2) is 37.6 Å². The van der Waals surface area contributed by atoms with Crippen molar-refractivity contribution in [2.75, 3.05) is 26.1 Å². The number of anilines is 1. The molecule has 1 aliphatic carbocycles. The number of amides is 2. The Hall–Kier alpha value is -3.81. The van der Waals surface area contributed by atoms with Gasteiger partial charge in [-0.1, -0.05) is 25.3 Å². The first-order valence-corrected chi connectivity index (χ1v) is 11.9. The first-order valence-electron chi connectivity index (χ1n) is 11.9. The molecular weight excluding hydrogens is 446 g/mol. The number of nitrogens with one attached hydrogen (secondary N) is 3. The van der Waals surface area contributed by atoms with Crippen molar-refractivity contribution >= 4 is 28.4 Å². The number of fused-ring (bicyclic) bond motifs is 1. The van der Waals surface area contributed by atoms with E-state index < -0.39 is 11.5 Å². The van der Waals surface area contributed by atoms with Crippen LogP contribution < -0.4 is 25.7 Å². The molecule has 2 aromatic carbocycles. The lowest BCUT2D eigenvalue weighted by Gasteiger charge is -2.21. The topological polar surface area (TPSA) is 110 Å². The number of carbonyl (C=O) groups excluding carboxylic acids is 2. The van der Waals surface area contributed by atoms with Crippen molar-refractivity contribution in [2.24, 2.45) is 5.92 Å². The minimum Gasteiger partial charge on any atom is -0.493 e. The Morgan fingerprint density at radius 1 is 0.971 bits per heavy atom. The lowest BCUT2D eigenvalue weighted by molar-refractivity contribution is 0.0942. The number of hydrogen-bond donors (Lipinski definition) is 3. The van der Waals surface area contributed by atoms with Crippen LogP contribution in [0.2, 0.25) is 0 Å². The average Bonchev–Trinajstić information content (AvgIpc) is 2.87. The molecule has 2 amide bonds. The third kappa shape index (κ3) is 5.48. The molecule has 1 saturated carbocycles. The van der Waals surface area contributed by atoms with Gasteiger partial charge in [0.1, 0.15) is 5.56 Å². The van der Waals surface area contributed by atoms with Crippen LogP contribution in [0, 0.1) is 12.8 Å². The summed E-state index contributed by atoms with van der Waals surface area (Å²) in [5.41, 5.74) is 1.68. The summed E-state index contributed by atoms with van der Waals surface area (Å²) in [5, 5.41) is 6.44. The van der Waals surface area contributed by atoms with Crippen molar-refractivity contribution in [1.82, 2.24) is 10.3 Å². The van der Waals surface area contributed by atoms with Gasteiger partial charge >= 0.3 is 0 Å². The van der Waals surface area contributed by atoms with Crippen LogP contribution in [0.25, 0.3) is 10.9 Å². The number of H-pyrrole nitrogens is 1. The number of carbonyl (C=O) groups is 2. The summed E-state index contributed by atoms with van der Waals surface area (Å²) in [6.45, 7) is 2.50. The second kappa shape index (κ2) is 10.6. The fourth-order valence-electron chi connectivity index (χ4n) is 4.52. The van der Waals surface area contributed by atoms with E-state index in [1.54, 1.807) is 30.3 Å². The van der Waals surface area contributed by atoms with E-state index in [2.05, 4.69) is 15.6 Å². The highest BCUT2D eigenvalue weighted by atomic mass is 16.5. The van der Waals surface area contributed by atoms with Crippen LogP contribution in [0.1, 0.15) is 58.4 Å². The van der Waals surface area contributed by atoms with Gasteiger partial charge in [0.2, 0.25) is 0 Å². The summed E-state index contributed by atoms with van der Waals surface area (Å²) < 4.78 is 10.6. The van der Waals surface area contributed by atoms with Gasteiger partial charge in [0.15, 0.2) is 11.5 Å². The van der Waals surface area contributed by atoms with Crippen LogP contribution in [0.15, 0.2) is 41.2 Å². The first kappa shape index (κ1) is 24.3. The van der Waals surface area contributed by atoms with Gasteiger partial charge in [-0.25, -0.2) is 0 Å². The molecule has 0 radical (unpaired) electrons. The highest BCUT2D eigenvalue weighted by Crippen LogP contribution is 2.31. The van der Waals surface area contributed by atoms with Crippen LogP contribution in [0.3, 0.4) is 0 Å². The maximum atomic E-state index is 13.0. The summed E-state index contributed by atoms with van der Waals surface area (Å²) in [6.07, 6.45) is 6.00. The minimum atomic E-state index is -0.564. The molecule has 1 aliphatic rings. The number of aromatic nitrogens is 1. The van der Waals surface area contributed by atoms with E-state index in [0.717, 1.165) is 18.4 Å². The summed E-state index contributed by atoms with van der Waals surface area (Å²) in [6, 6.07) is 10.0. The zero-order valence-electron chi connectivity index (χ0n) is 20.3. The SMILES string of the molecule is COc1cc2cc(C(=O)Nc3cc(C(=O)NCC4CCCCC4)ccc3C)c(=O)[nH]c2cc1OC. The zero-order valence-corrected chi connectivity index (χ0v) is 20.3. The number of benzene rings is 2. The van der Waals surface area contributed by atoms with E-state index in [9.17, 15) is 14.4 Å². The third-order valence-corrected chi connectivity index (χ3v) is 6.62. The van der Waals surface area contributed by atoms with Gasteiger partial charge in [-0.15, -0.1) is 0 Å². The van der Waals surface area contributed by atoms with Gasteiger partial charge in [-0.2, -0.15) is 0 Å². The fraction of sp³-hybridized carbons (Fsp3) is 0.370. The van der Waals surface area contributed by atoms with Crippen molar-refractivity contribution in [3.8, 4) is 11.5 Å². The molecule has 8 nitrogen and oxygen atoms in total. The smallest absolute Gasteiger partial charge is 0.261 e. The molecule has 3 N–H and O–H groups in total. The lowest BCUT2D eigenvalue weighted by Crippen LogP contribution is -2.30. The Morgan fingerprint density at radius 2 is 1.69 bits per heavy atom. The van der Waals surface area contributed by atoms with Crippen LogP contribution in [-0.2, 0) is 0 Å². The molecule has 8 heteroatoms. The second-order valence-electron chi connectivity index (χ2n) is 9.00. The number of hydrogen-bond acceptors (Lipinski definition) is 5. The largest absolute Gasteiger partial charge is 0.493 e. The summed E-state index contributed by atoms with van der Waals surface area (Å²) >= 11 is 0. The van der Waals surface area contributed by atoms with E-state index >= 15 is 0 Å². The Bertz CT molecular complexity index is 1310. The predicted octanol–water partition coefficient (Wildman–Crippen LogP) is 4.42. The third-order valence-electron chi connectivity index (χ3n) is 6.62. The van der Waals surface area contributed by atoms with E-state index in [1.807, 2.05) is 6.92 Å². The Morgan fingerprint density at radius 3 is 2.40 bits per heavy atom. The lowest BCUT2D eigenvalue weighted by atomic mass is 9.89. The Labute approximate surface area is 204 Å². The molecule has 0 spiro atoms. The maximum absolute atomic E-state index is 13.0. The highest BCUT2D eigenvalue weighted by molar-refractivity contribution is 6.07. The molecule has 184 valence electrons. The van der Waals surface area contributed by atoms with Crippen LogP contribution >= 0.6 is 0 Å². The molecular formula is C27H31N3O5. The molecule has 0 bridgehead atoms. The van der Waals surface area contributed by atoms with Gasteiger partial charge in [-0.05, 0) is 55.5 Å². The van der Waals surface area contributed by atoms with E-state index in [0.29, 0.717) is 46.1 Å². The second-order valence-corrected chi connectivity index (χ2v) is 9.00. The first-order chi connectivity index (χ1) is 16.9. The van der Waals surface area contributed by atoms with E-state index in [-0.39, 0.29) is 11.5 Å². The van der Waals surface area contributed by atoms with Crippen LogP contribution in [0.5, 0.6) is 11.5 Å². The Kier molecular flexibility index (Phi) is 7.39. The number of rotatable bonds is 7. The van der Waals surface area contributed by atoms with Gasteiger partial charge < -0.3 is 25.1 Å². The number of aryl methyl sites for hydroxylation is 1. The normalized spacial score (nSPS) is 13.9. The quantitative estimate of drug-likeness (QED) is 0.467. The molecule has 0 unspecified atom stereocenters. The van der Waals surface area contributed by atoms with Crippen molar-refractivity contribution in [1.29, 1.82) is 0 Å². The van der Waals surface area contributed by atoms with Gasteiger partial charge in [0, 0.05) is 29.2 Å². The van der Waals surface area contributed by atoms with Crippen LogP contribution in [0.4, 0.5) is 5.69 Å². The monoisotopic (exact) mass is 477 g/mol. The number of pyridine rings is 1. The minimum absolute atomic E-state index is 0.0451. The number of methoxy groups -OCH3 is 2. The van der Waals surface area contributed by atoms with Crippen molar-refractivity contribution in [3.05, 3.63) is 63.4 Å². The molecule has 1 heterocycles. The van der Waals surface area contributed by atoms with Crippen molar-refractivity contribution in [3.63, 3.8) is 0 Å². The molecule has 0 saturated heterocycles. The molecule has 35 heavy (non-hydrogen) atoms. The molecule has 1 fully saturated rings. The zero-order chi connectivity index (χ0) is 24.9. The summed E-state index contributed by atoms with van der Waals surface area (Å²) in [7, 11) is 3.03.